The number of ether oxygens (including phenoxy) is 1. The summed E-state index contributed by atoms with van der Waals surface area (Å²) in [5.74, 6) is -1.79. The van der Waals surface area contributed by atoms with E-state index in [-0.39, 0.29) is 24.5 Å². The molecule has 2 amide bonds. The number of carboxylic acids is 1. The van der Waals surface area contributed by atoms with Crippen LogP contribution >= 0.6 is 0 Å². The van der Waals surface area contributed by atoms with E-state index in [4.69, 9.17) is 4.74 Å². The van der Waals surface area contributed by atoms with Gasteiger partial charge in [-0.05, 0) is 42.0 Å². The van der Waals surface area contributed by atoms with Crippen LogP contribution in [0.5, 0.6) is 0 Å². The summed E-state index contributed by atoms with van der Waals surface area (Å²) in [6.07, 6.45) is 0.326. The minimum atomic E-state index is -0.885. The highest BCUT2D eigenvalue weighted by atomic mass is 16.5. The lowest BCUT2D eigenvalue weighted by Gasteiger charge is -2.28. The summed E-state index contributed by atoms with van der Waals surface area (Å²) in [5, 5.41) is 12.0. The number of aliphatic carboxylic acids is 1. The van der Waals surface area contributed by atoms with Crippen molar-refractivity contribution in [1.82, 2.24) is 10.2 Å². The Bertz CT molecular complexity index is 991. The third-order valence-electron chi connectivity index (χ3n) is 6.61. The van der Waals surface area contributed by atoms with Gasteiger partial charge in [0.05, 0.1) is 5.92 Å². The molecule has 1 aliphatic heterocycles. The average Bonchev–Trinajstić information content (AvgIpc) is 3.36. The number of carboxylic acid groups (broad SMARTS) is 1. The van der Waals surface area contributed by atoms with Crippen LogP contribution in [0.25, 0.3) is 11.1 Å². The van der Waals surface area contributed by atoms with Gasteiger partial charge in [-0.1, -0.05) is 55.5 Å². The Labute approximate surface area is 187 Å². The molecule has 0 aromatic heterocycles. The fourth-order valence-electron chi connectivity index (χ4n) is 5.05. The van der Waals surface area contributed by atoms with Crippen molar-refractivity contribution in [1.29, 1.82) is 0 Å². The summed E-state index contributed by atoms with van der Waals surface area (Å²) in [7, 11) is 0. The zero-order valence-electron chi connectivity index (χ0n) is 18.3. The van der Waals surface area contributed by atoms with Crippen molar-refractivity contribution in [3.05, 3.63) is 59.7 Å². The van der Waals surface area contributed by atoms with Gasteiger partial charge in [0.1, 0.15) is 12.6 Å². The van der Waals surface area contributed by atoms with Crippen LogP contribution in [0, 0.1) is 5.92 Å². The first-order valence-corrected chi connectivity index (χ1v) is 11.1. The SMILES string of the molecule is CCC1C(C(=O)O)CCN1C(=O)C(C)NC(=O)OCC1c2ccccc2-c2ccccc21. The topological polar surface area (TPSA) is 95.9 Å². The molecule has 2 aliphatic rings. The molecule has 7 nitrogen and oxygen atoms in total. The normalized spacial score (nSPS) is 20.4. The Hall–Kier alpha value is -3.35. The van der Waals surface area contributed by atoms with Gasteiger partial charge in [0, 0.05) is 18.5 Å². The molecule has 0 saturated carbocycles. The summed E-state index contributed by atoms with van der Waals surface area (Å²) in [6.45, 7) is 4.02. The maximum Gasteiger partial charge on any atom is 0.407 e. The molecule has 3 atom stereocenters. The lowest BCUT2D eigenvalue weighted by molar-refractivity contribution is -0.143. The zero-order chi connectivity index (χ0) is 22.8. The van der Waals surface area contributed by atoms with Gasteiger partial charge >= 0.3 is 12.1 Å². The van der Waals surface area contributed by atoms with E-state index in [1.807, 2.05) is 43.3 Å². The van der Waals surface area contributed by atoms with Gasteiger partial charge in [-0.2, -0.15) is 0 Å². The predicted molar refractivity (Wildman–Crippen MR) is 119 cm³/mol. The highest BCUT2D eigenvalue weighted by Gasteiger charge is 2.41. The first-order chi connectivity index (χ1) is 15.4. The van der Waals surface area contributed by atoms with Crippen LogP contribution in [-0.2, 0) is 14.3 Å². The van der Waals surface area contributed by atoms with Crippen molar-refractivity contribution in [2.75, 3.05) is 13.2 Å². The predicted octanol–water partition coefficient (Wildman–Crippen LogP) is 3.63. The van der Waals surface area contributed by atoms with E-state index < -0.39 is 24.0 Å². The number of alkyl carbamates (subject to hydrolysis) is 1. The molecule has 1 heterocycles. The van der Waals surface area contributed by atoms with Gasteiger partial charge in [0.25, 0.3) is 0 Å². The summed E-state index contributed by atoms with van der Waals surface area (Å²) in [5.41, 5.74) is 4.53. The van der Waals surface area contributed by atoms with Gasteiger partial charge in [-0.25, -0.2) is 4.79 Å². The second-order valence-corrected chi connectivity index (χ2v) is 8.43. The van der Waals surface area contributed by atoms with Crippen LogP contribution in [0.1, 0.15) is 43.7 Å². The molecule has 32 heavy (non-hydrogen) atoms. The smallest absolute Gasteiger partial charge is 0.407 e. The fraction of sp³-hybridized carbons (Fsp3) is 0.400. The third-order valence-corrected chi connectivity index (χ3v) is 6.61. The fourth-order valence-corrected chi connectivity index (χ4v) is 5.05. The second-order valence-electron chi connectivity index (χ2n) is 8.43. The van der Waals surface area contributed by atoms with Crippen LogP contribution < -0.4 is 5.32 Å². The number of carbonyl (C=O) groups excluding carboxylic acids is 2. The van der Waals surface area contributed by atoms with E-state index in [0.29, 0.717) is 19.4 Å². The van der Waals surface area contributed by atoms with Crippen LogP contribution in [-0.4, -0.2) is 53.2 Å². The molecule has 168 valence electrons. The van der Waals surface area contributed by atoms with E-state index in [1.165, 1.54) is 0 Å². The minimum Gasteiger partial charge on any atom is -0.481 e. The van der Waals surface area contributed by atoms with Gasteiger partial charge in [0.15, 0.2) is 0 Å². The van der Waals surface area contributed by atoms with E-state index in [2.05, 4.69) is 17.4 Å². The van der Waals surface area contributed by atoms with Gasteiger partial charge in [-0.3, -0.25) is 9.59 Å². The van der Waals surface area contributed by atoms with Crippen molar-refractivity contribution in [3.63, 3.8) is 0 Å². The van der Waals surface area contributed by atoms with Crippen molar-refractivity contribution in [3.8, 4) is 11.1 Å². The molecule has 1 fully saturated rings. The molecule has 3 unspecified atom stereocenters. The number of hydrogen-bond acceptors (Lipinski definition) is 4. The van der Waals surface area contributed by atoms with Crippen molar-refractivity contribution < 1.29 is 24.2 Å². The zero-order valence-corrected chi connectivity index (χ0v) is 18.3. The maximum absolute atomic E-state index is 12.9. The summed E-state index contributed by atoms with van der Waals surface area (Å²) < 4.78 is 5.52. The Morgan fingerprint density at radius 3 is 2.25 bits per heavy atom. The molecule has 2 aromatic carbocycles. The summed E-state index contributed by atoms with van der Waals surface area (Å²) >= 11 is 0. The summed E-state index contributed by atoms with van der Waals surface area (Å²) in [4.78, 5) is 38.4. The first-order valence-electron chi connectivity index (χ1n) is 11.1. The lowest BCUT2D eigenvalue weighted by atomic mass is 9.98. The number of likely N-dealkylation sites (tertiary alicyclic amines) is 1. The van der Waals surface area contributed by atoms with E-state index >= 15 is 0 Å². The van der Waals surface area contributed by atoms with Crippen molar-refractivity contribution >= 4 is 18.0 Å². The molecular formula is C25H28N2O5. The Morgan fingerprint density at radius 2 is 1.69 bits per heavy atom. The van der Waals surface area contributed by atoms with Gasteiger partial charge < -0.3 is 20.1 Å². The Morgan fingerprint density at radius 1 is 1.09 bits per heavy atom. The molecule has 0 radical (unpaired) electrons. The average molecular weight is 437 g/mol. The first kappa shape index (κ1) is 21.9. The van der Waals surface area contributed by atoms with E-state index in [0.717, 1.165) is 22.3 Å². The second kappa shape index (κ2) is 9.02. The number of carbonyl (C=O) groups is 3. The lowest BCUT2D eigenvalue weighted by Crippen LogP contribution is -2.49. The largest absolute Gasteiger partial charge is 0.481 e. The molecule has 0 spiro atoms. The highest BCUT2D eigenvalue weighted by molar-refractivity contribution is 5.87. The van der Waals surface area contributed by atoms with Gasteiger partial charge in [0.2, 0.25) is 5.91 Å². The molecule has 2 aromatic rings. The van der Waals surface area contributed by atoms with Crippen molar-refractivity contribution in [2.45, 2.75) is 44.7 Å². The molecule has 0 bridgehead atoms. The number of benzene rings is 2. The number of fused-ring (bicyclic) bond motifs is 3. The van der Waals surface area contributed by atoms with Crippen molar-refractivity contribution in [2.24, 2.45) is 5.92 Å². The van der Waals surface area contributed by atoms with Gasteiger partial charge in [-0.15, -0.1) is 0 Å². The molecule has 1 aliphatic carbocycles. The maximum atomic E-state index is 12.9. The Balaban J connectivity index is 1.37. The highest BCUT2D eigenvalue weighted by Crippen LogP contribution is 2.44. The molecule has 7 heteroatoms. The monoisotopic (exact) mass is 436 g/mol. The standard InChI is InChI=1S/C25H28N2O5/c1-3-22-20(24(29)30)12-13-27(22)23(28)15(2)26-25(31)32-14-21-18-10-6-4-8-16(18)17-9-5-7-11-19(17)21/h4-11,15,20-22H,3,12-14H2,1-2H3,(H,26,31)(H,29,30). The third kappa shape index (κ3) is 3.95. The van der Waals surface area contributed by atoms with Crippen LogP contribution in [0.2, 0.25) is 0 Å². The van der Waals surface area contributed by atoms with Crippen LogP contribution in [0.3, 0.4) is 0 Å². The molecule has 4 rings (SSSR count). The number of amides is 2. The van der Waals surface area contributed by atoms with Crippen LogP contribution in [0.4, 0.5) is 4.79 Å². The summed E-state index contributed by atoms with van der Waals surface area (Å²) in [6, 6.07) is 15.0. The number of nitrogens with zero attached hydrogens (tertiary/aromatic N) is 1. The molecule has 2 N–H and O–H groups in total. The number of nitrogens with one attached hydrogen (secondary N) is 1. The van der Waals surface area contributed by atoms with Crippen LogP contribution in [0.15, 0.2) is 48.5 Å². The molecular weight excluding hydrogens is 408 g/mol. The number of rotatable bonds is 6. The quantitative estimate of drug-likeness (QED) is 0.721. The van der Waals surface area contributed by atoms with E-state index in [1.54, 1.807) is 11.8 Å². The Kier molecular flexibility index (Phi) is 6.17. The van der Waals surface area contributed by atoms with E-state index in [9.17, 15) is 19.5 Å². The minimum absolute atomic E-state index is 0.0569. The molecule has 1 saturated heterocycles. The number of hydrogen-bond donors (Lipinski definition) is 2.